The molecule has 29 heavy (non-hydrogen) atoms. The summed E-state index contributed by atoms with van der Waals surface area (Å²) in [6.45, 7) is 7.54. The average Bonchev–Trinajstić information content (AvgIpc) is 3.22. The third-order valence-corrected chi connectivity index (χ3v) is 5.95. The van der Waals surface area contributed by atoms with Gasteiger partial charge in [0.1, 0.15) is 5.65 Å². The van der Waals surface area contributed by atoms with Crippen LogP contribution in [0, 0.1) is 0 Å². The minimum absolute atomic E-state index is 0. The lowest BCUT2D eigenvalue weighted by Gasteiger charge is -2.32. The van der Waals surface area contributed by atoms with E-state index in [0.717, 1.165) is 42.2 Å². The molecule has 3 aromatic heterocycles. The van der Waals surface area contributed by atoms with E-state index in [0.29, 0.717) is 18.0 Å². The Morgan fingerprint density at radius 2 is 1.83 bits per heavy atom. The monoisotopic (exact) mass is 433 g/mol. The fourth-order valence-electron chi connectivity index (χ4n) is 4.54. The van der Waals surface area contributed by atoms with E-state index in [9.17, 15) is 0 Å². The molecule has 2 aliphatic heterocycles. The standard InChI is InChI=1S/C22H27N5.2ClH/c1-15(2)19-9-6-16(11-23-19)22-20(27-10-4-3-5-21(27)25-22)14-26-12-17-7-8-18(13-26)24-17;;/h3-6,9-11,15,17-18,24H,7-8,12-14H2,1-2H3;2*1H. The number of hydrogen-bond acceptors (Lipinski definition) is 4. The summed E-state index contributed by atoms with van der Waals surface area (Å²) >= 11 is 0. The molecule has 2 unspecified atom stereocenters. The zero-order valence-electron chi connectivity index (χ0n) is 16.9. The minimum atomic E-state index is 0. The molecule has 0 aliphatic carbocycles. The van der Waals surface area contributed by atoms with Crippen LogP contribution in [0.25, 0.3) is 16.9 Å². The molecule has 1 N–H and O–H groups in total. The average molecular weight is 434 g/mol. The summed E-state index contributed by atoms with van der Waals surface area (Å²) in [6, 6.07) is 11.8. The Labute approximate surface area is 184 Å². The van der Waals surface area contributed by atoms with E-state index in [1.165, 1.54) is 18.5 Å². The highest BCUT2D eigenvalue weighted by Gasteiger charge is 2.32. The van der Waals surface area contributed by atoms with E-state index in [2.05, 4.69) is 70.0 Å². The van der Waals surface area contributed by atoms with Crippen molar-refractivity contribution in [2.75, 3.05) is 13.1 Å². The molecular weight excluding hydrogens is 405 g/mol. The number of nitrogens with one attached hydrogen (secondary N) is 1. The van der Waals surface area contributed by atoms with Crippen LogP contribution in [0.15, 0.2) is 42.7 Å². The second-order valence-electron chi connectivity index (χ2n) is 8.29. The lowest BCUT2D eigenvalue weighted by atomic mass is 10.1. The number of hydrogen-bond donors (Lipinski definition) is 1. The summed E-state index contributed by atoms with van der Waals surface area (Å²) in [7, 11) is 0. The number of likely N-dealkylation sites (tertiary alicyclic amines) is 1. The number of piperazine rings is 1. The molecule has 5 heterocycles. The van der Waals surface area contributed by atoms with Crippen LogP contribution < -0.4 is 5.32 Å². The molecule has 2 aliphatic rings. The molecule has 0 aromatic carbocycles. The first-order valence-electron chi connectivity index (χ1n) is 10.1. The van der Waals surface area contributed by atoms with E-state index < -0.39 is 0 Å². The van der Waals surface area contributed by atoms with Crippen LogP contribution in [0.3, 0.4) is 0 Å². The molecule has 3 aromatic rings. The summed E-state index contributed by atoms with van der Waals surface area (Å²) in [4.78, 5) is 12.2. The maximum atomic E-state index is 4.96. The normalized spacial score (nSPS) is 21.2. The van der Waals surface area contributed by atoms with Crippen molar-refractivity contribution < 1.29 is 0 Å². The predicted octanol–water partition coefficient (Wildman–Crippen LogP) is 4.30. The van der Waals surface area contributed by atoms with Crippen molar-refractivity contribution in [3.05, 3.63) is 54.1 Å². The molecule has 2 saturated heterocycles. The first-order chi connectivity index (χ1) is 13.2. The van der Waals surface area contributed by atoms with Gasteiger partial charge in [-0.15, -0.1) is 24.8 Å². The highest BCUT2D eigenvalue weighted by molar-refractivity contribution is 5.85. The summed E-state index contributed by atoms with van der Waals surface area (Å²) in [5.74, 6) is 0.441. The summed E-state index contributed by atoms with van der Waals surface area (Å²) < 4.78 is 2.25. The SMILES string of the molecule is CC(C)c1ccc(-c2nc3ccccn3c2CN2CC3CCC(C2)N3)cn1.Cl.Cl. The second kappa shape index (κ2) is 9.00. The first kappa shape index (κ1) is 22.0. The van der Waals surface area contributed by atoms with E-state index in [-0.39, 0.29) is 24.8 Å². The number of fused-ring (bicyclic) bond motifs is 3. The molecule has 0 amide bonds. The van der Waals surface area contributed by atoms with Gasteiger partial charge in [-0.25, -0.2) is 4.98 Å². The highest BCUT2D eigenvalue weighted by Crippen LogP contribution is 2.28. The Morgan fingerprint density at radius 1 is 1.07 bits per heavy atom. The summed E-state index contributed by atoms with van der Waals surface area (Å²) in [5.41, 5.74) is 5.58. The highest BCUT2D eigenvalue weighted by atomic mass is 35.5. The molecule has 5 rings (SSSR count). The summed E-state index contributed by atoms with van der Waals surface area (Å²) in [6.07, 6.45) is 6.74. The van der Waals surface area contributed by atoms with Crippen molar-refractivity contribution in [1.29, 1.82) is 0 Å². The lowest BCUT2D eigenvalue weighted by Crippen LogP contribution is -2.50. The zero-order valence-corrected chi connectivity index (χ0v) is 18.5. The van der Waals surface area contributed by atoms with Gasteiger partial charge in [-0.1, -0.05) is 19.9 Å². The van der Waals surface area contributed by atoms with Gasteiger partial charge in [0.2, 0.25) is 0 Å². The Kier molecular flexibility index (Phi) is 6.84. The van der Waals surface area contributed by atoms with Crippen LogP contribution in [0.4, 0.5) is 0 Å². The first-order valence-corrected chi connectivity index (χ1v) is 10.1. The lowest BCUT2D eigenvalue weighted by molar-refractivity contribution is 0.187. The van der Waals surface area contributed by atoms with Crippen molar-refractivity contribution in [1.82, 2.24) is 24.6 Å². The quantitative estimate of drug-likeness (QED) is 0.665. The van der Waals surface area contributed by atoms with Crippen LogP contribution in [0.5, 0.6) is 0 Å². The van der Waals surface area contributed by atoms with Gasteiger partial charge in [0.05, 0.1) is 11.4 Å². The van der Waals surface area contributed by atoms with Gasteiger partial charge in [0.25, 0.3) is 0 Å². The zero-order chi connectivity index (χ0) is 18.4. The molecule has 0 saturated carbocycles. The Balaban J connectivity index is 0.00000120. The molecule has 0 spiro atoms. The van der Waals surface area contributed by atoms with Gasteiger partial charge < -0.3 is 9.72 Å². The smallest absolute Gasteiger partial charge is 0.137 e. The van der Waals surface area contributed by atoms with E-state index in [1.807, 2.05) is 6.20 Å². The molecule has 5 nitrogen and oxygen atoms in total. The van der Waals surface area contributed by atoms with Crippen LogP contribution >= 0.6 is 24.8 Å². The Hall–Kier alpha value is -1.66. The van der Waals surface area contributed by atoms with Crippen LogP contribution in [-0.2, 0) is 6.54 Å². The summed E-state index contributed by atoms with van der Waals surface area (Å²) in [5, 5.41) is 3.73. The molecule has 2 bridgehead atoms. The third kappa shape index (κ3) is 4.29. The Bertz CT molecular complexity index is 941. The topological polar surface area (TPSA) is 45.5 Å². The van der Waals surface area contributed by atoms with Gasteiger partial charge in [-0.2, -0.15) is 0 Å². The molecular formula is C22H29Cl2N5. The van der Waals surface area contributed by atoms with Crippen molar-refractivity contribution >= 4 is 30.5 Å². The van der Waals surface area contributed by atoms with Gasteiger partial charge in [-0.05, 0) is 43.0 Å². The number of nitrogens with zero attached hydrogens (tertiary/aromatic N) is 4. The number of pyridine rings is 2. The van der Waals surface area contributed by atoms with Gasteiger partial charge in [0, 0.05) is 55.4 Å². The maximum absolute atomic E-state index is 4.96. The molecule has 2 fully saturated rings. The number of aromatic nitrogens is 3. The molecule has 156 valence electrons. The largest absolute Gasteiger partial charge is 0.309 e. The minimum Gasteiger partial charge on any atom is -0.309 e. The van der Waals surface area contributed by atoms with Gasteiger partial charge in [0.15, 0.2) is 0 Å². The molecule has 0 radical (unpaired) electrons. The molecule has 7 heteroatoms. The van der Waals surface area contributed by atoms with E-state index >= 15 is 0 Å². The number of halogens is 2. The molecule has 2 atom stereocenters. The predicted molar refractivity (Wildman–Crippen MR) is 122 cm³/mol. The van der Waals surface area contributed by atoms with Crippen molar-refractivity contribution in [3.8, 4) is 11.3 Å². The van der Waals surface area contributed by atoms with Crippen molar-refractivity contribution in [2.24, 2.45) is 0 Å². The van der Waals surface area contributed by atoms with E-state index in [1.54, 1.807) is 0 Å². The fraction of sp³-hybridized carbons (Fsp3) is 0.455. The van der Waals surface area contributed by atoms with Crippen LogP contribution in [-0.4, -0.2) is 44.4 Å². The maximum Gasteiger partial charge on any atom is 0.137 e. The number of rotatable bonds is 4. The van der Waals surface area contributed by atoms with Gasteiger partial charge >= 0.3 is 0 Å². The fourth-order valence-corrected chi connectivity index (χ4v) is 4.54. The van der Waals surface area contributed by atoms with E-state index in [4.69, 9.17) is 4.98 Å². The van der Waals surface area contributed by atoms with Crippen LogP contribution in [0.2, 0.25) is 0 Å². The van der Waals surface area contributed by atoms with Gasteiger partial charge in [-0.3, -0.25) is 9.88 Å². The van der Waals surface area contributed by atoms with Crippen molar-refractivity contribution in [3.63, 3.8) is 0 Å². The van der Waals surface area contributed by atoms with Crippen LogP contribution in [0.1, 0.15) is 44.0 Å². The third-order valence-electron chi connectivity index (χ3n) is 5.95. The van der Waals surface area contributed by atoms with Crippen molar-refractivity contribution in [2.45, 2.75) is 51.2 Å². The Morgan fingerprint density at radius 3 is 2.48 bits per heavy atom. The number of imidazole rings is 1. The second-order valence-corrected chi connectivity index (χ2v) is 8.29.